The molecule has 122 valence electrons. The van der Waals surface area contributed by atoms with Gasteiger partial charge in [0.25, 0.3) is 0 Å². The van der Waals surface area contributed by atoms with Gasteiger partial charge in [0.2, 0.25) is 11.8 Å². The predicted octanol–water partition coefficient (Wildman–Crippen LogP) is 1.60. The highest BCUT2D eigenvalue weighted by atomic mass is 16.5. The van der Waals surface area contributed by atoms with E-state index in [1.807, 2.05) is 13.8 Å². The van der Waals surface area contributed by atoms with Crippen molar-refractivity contribution in [2.24, 2.45) is 23.2 Å². The van der Waals surface area contributed by atoms with E-state index >= 15 is 0 Å². The molecule has 0 N–H and O–H groups in total. The van der Waals surface area contributed by atoms with Crippen molar-refractivity contribution in [2.45, 2.75) is 57.8 Å². The van der Waals surface area contributed by atoms with Crippen LogP contribution < -0.4 is 0 Å². The molecule has 2 amide bonds. The van der Waals surface area contributed by atoms with Gasteiger partial charge in [0.05, 0.1) is 35.2 Å². The summed E-state index contributed by atoms with van der Waals surface area (Å²) in [6.07, 6.45) is 1.93. The topological polar surface area (TPSA) is 55.8 Å². The van der Waals surface area contributed by atoms with Crippen LogP contribution in [0.1, 0.15) is 40.5 Å². The minimum atomic E-state index is -0.606. The minimum absolute atomic E-state index is 0.00519. The van der Waals surface area contributed by atoms with E-state index in [0.717, 1.165) is 12.8 Å². The number of imide groups is 1. The van der Waals surface area contributed by atoms with E-state index < -0.39 is 11.0 Å². The summed E-state index contributed by atoms with van der Waals surface area (Å²) in [6, 6.07) is -0.206. The third-order valence-electron chi connectivity index (χ3n) is 7.10. The fraction of sp³-hybridized carbons (Fsp3) is 0.882. The van der Waals surface area contributed by atoms with Gasteiger partial charge in [0.1, 0.15) is 0 Å². The second kappa shape index (κ2) is 3.93. The monoisotopic (exact) mass is 307 g/mol. The van der Waals surface area contributed by atoms with Gasteiger partial charge in [-0.15, -0.1) is 0 Å². The number of ether oxygens (including phenoxy) is 2. The molecule has 7 unspecified atom stereocenters. The Balaban J connectivity index is 1.76. The summed E-state index contributed by atoms with van der Waals surface area (Å²) in [4.78, 5) is 27.6. The number of likely N-dealkylation sites (tertiary alicyclic amines) is 1. The molecule has 4 rings (SSSR count). The van der Waals surface area contributed by atoms with Gasteiger partial charge in [-0.1, -0.05) is 6.92 Å². The molecule has 7 atom stereocenters. The van der Waals surface area contributed by atoms with Crippen LogP contribution in [-0.2, 0) is 19.1 Å². The van der Waals surface area contributed by atoms with Crippen molar-refractivity contribution in [3.05, 3.63) is 0 Å². The first-order chi connectivity index (χ1) is 10.3. The Kier molecular flexibility index (Phi) is 2.62. The van der Waals surface area contributed by atoms with Crippen molar-refractivity contribution in [1.29, 1.82) is 0 Å². The number of carbonyl (C=O) groups excluding carboxylic acids is 2. The van der Waals surface area contributed by atoms with Gasteiger partial charge in [0.15, 0.2) is 0 Å². The van der Waals surface area contributed by atoms with E-state index in [1.165, 1.54) is 4.90 Å². The summed E-state index contributed by atoms with van der Waals surface area (Å²) in [7, 11) is 1.60. The molecule has 22 heavy (non-hydrogen) atoms. The van der Waals surface area contributed by atoms with Crippen molar-refractivity contribution in [3.8, 4) is 0 Å². The van der Waals surface area contributed by atoms with Crippen molar-refractivity contribution in [1.82, 2.24) is 4.90 Å². The quantitative estimate of drug-likeness (QED) is 0.743. The molecule has 0 aromatic carbocycles. The Morgan fingerprint density at radius 1 is 1.41 bits per heavy atom. The molecular weight excluding hydrogens is 282 g/mol. The number of amides is 2. The first kappa shape index (κ1) is 14.6. The number of methoxy groups -OCH3 is 1. The van der Waals surface area contributed by atoms with E-state index in [-0.39, 0.29) is 35.3 Å². The summed E-state index contributed by atoms with van der Waals surface area (Å²) in [5, 5.41) is 0. The zero-order chi connectivity index (χ0) is 16.1. The fourth-order valence-electron chi connectivity index (χ4n) is 5.92. The molecule has 4 fully saturated rings. The van der Waals surface area contributed by atoms with Crippen LogP contribution in [0.3, 0.4) is 0 Å². The third-order valence-corrected chi connectivity index (χ3v) is 7.10. The lowest BCUT2D eigenvalue weighted by atomic mass is 9.78. The number of piperidine rings is 1. The van der Waals surface area contributed by atoms with Crippen LogP contribution >= 0.6 is 0 Å². The highest BCUT2D eigenvalue weighted by molar-refractivity contribution is 6.14. The molecule has 0 radical (unpaired) electrons. The van der Waals surface area contributed by atoms with Gasteiger partial charge in [-0.05, 0) is 39.5 Å². The van der Waals surface area contributed by atoms with Crippen LogP contribution in [0.25, 0.3) is 0 Å². The van der Waals surface area contributed by atoms with Crippen LogP contribution in [-0.4, -0.2) is 47.7 Å². The van der Waals surface area contributed by atoms with Crippen molar-refractivity contribution in [2.75, 3.05) is 13.7 Å². The lowest BCUT2D eigenvalue weighted by Gasteiger charge is -2.45. The maximum Gasteiger partial charge on any atom is 0.239 e. The molecule has 3 heterocycles. The van der Waals surface area contributed by atoms with E-state index in [4.69, 9.17) is 9.47 Å². The Morgan fingerprint density at radius 3 is 2.73 bits per heavy atom. The molecule has 0 aromatic rings. The second-order valence-electron chi connectivity index (χ2n) is 8.10. The first-order valence-electron chi connectivity index (χ1n) is 8.32. The smallest absolute Gasteiger partial charge is 0.239 e. The number of nitrogens with zero attached hydrogens (tertiary/aromatic N) is 1. The number of carbonyl (C=O) groups is 2. The molecule has 0 aromatic heterocycles. The third kappa shape index (κ3) is 1.23. The predicted molar refractivity (Wildman–Crippen MR) is 78.9 cm³/mol. The lowest BCUT2D eigenvalue weighted by Crippen LogP contribution is -2.50. The van der Waals surface area contributed by atoms with Gasteiger partial charge in [0, 0.05) is 13.0 Å². The molecule has 1 saturated carbocycles. The maximum atomic E-state index is 13.2. The van der Waals surface area contributed by atoms with Gasteiger partial charge in [-0.25, -0.2) is 0 Å². The van der Waals surface area contributed by atoms with Crippen LogP contribution in [0.5, 0.6) is 0 Å². The normalized spacial score (nSPS) is 53.5. The standard InChI is InChI=1S/C17H25NO4/c1-9-6-7-15(3)17-11(12(17)16(9,4)22-15)13(19)18(14(17)20)10(2)8-21-5/h9-12H,6-8H2,1-5H3. The number of fused-ring (bicyclic) bond motifs is 4. The minimum Gasteiger partial charge on any atom is -0.383 e. The van der Waals surface area contributed by atoms with Crippen LogP contribution in [0.2, 0.25) is 0 Å². The summed E-state index contributed by atoms with van der Waals surface area (Å²) >= 11 is 0. The van der Waals surface area contributed by atoms with E-state index in [0.29, 0.717) is 12.5 Å². The second-order valence-corrected chi connectivity index (χ2v) is 8.10. The largest absolute Gasteiger partial charge is 0.383 e. The summed E-state index contributed by atoms with van der Waals surface area (Å²) in [5.41, 5.74) is -1.43. The summed E-state index contributed by atoms with van der Waals surface area (Å²) in [5.74, 6) is 0.257. The highest BCUT2D eigenvalue weighted by Gasteiger charge is 2.94. The molecule has 3 aliphatic heterocycles. The van der Waals surface area contributed by atoms with Crippen LogP contribution in [0.4, 0.5) is 0 Å². The van der Waals surface area contributed by atoms with Gasteiger partial charge < -0.3 is 9.47 Å². The Labute approximate surface area is 131 Å². The average Bonchev–Trinajstić information content (AvgIpc) is 3.06. The van der Waals surface area contributed by atoms with Crippen molar-refractivity contribution >= 4 is 11.8 Å². The Morgan fingerprint density at radius 2 is 2.09 bits per heavy atom. The molecule has 1 spiro atoms. The number of hydrogen-bond donors (Lipinski definition) is 0. The fourth-order valence-corrected chi connectivity index (χ4v) is 5.92. The molecule has 3 saturated heterocycles. The highest BCUT2D eigenvalue weighted by Crippen LogP contribution is 2.82. The van der Waals surface area contributed by atoms with E-state index in [9.17, 15) is 9.59 Å². The number of rotatable bonds is 3. The average molecular weight is 307 g/mol. The summed E-state index contributed by atoms with van der Waals surface area (Å²) < 4.78 is 11.6. The molecular formula is C17H25NO4. The molecule has 4 aliphatic rings. The first-order valence-corrected chi connectivity index (χ1v) is 8.32. The van der Waals surface area contributed by atoms with Crippen molar-refractivity contribution in [3.63, 3.8) is 0 Å². The molecule has 5 nitrogen and oxygen atoms in total. The van der Waals surface area contributed by atoms with Crippen molar-refractivity contribution < 1.29 is 19.1 Å². The molecule has 2 bridgehead atoms. The number of hydrogen-bond acceptors (Lipinski definition) is 4. The zero-order valence-corrected chi connectivity index (χ0v) is 14.0. The molecule has 1 aliphatic carbocycles. The van der Waals surface area contributed by atoms with E-state index in [1.54, 1.807) is 7.11 Å². The summed E-state index contributed by atoms with van der Waals surface area (Å²) in [6.45, 7) is 8.61. The van der Waals surface area contributed by atoms with Gasteiger partial charge in [-0.2, -0.15) is 0 Å². The van der Waals surface area contributed by atoms with Gasteiger partial charge >= 0.3 is 0 Å². The SMILES string of the molecule is COCC(C)N1C(=O)C2C3C4(C)OC(C)(CCC4C)C23C1=O. The van der Waals surface area contributed by atoms with E-state index in [2.05, 4.69) is 13.8 Å². The lowest BCUT2D eigenvalue weighted by molar-refractivity contribution is -0.190. The zero-order valence-electron chi connectivity index (χ0n) is 14.0. The van der Waals surface area contributed by atoms with Gasteiger partial charge in [-0.3, -0.25) is 14.5 Å². The van der Waals surface area contributed by atoms with Crippen LogP contribution in [0.15, 0.2) is 0 Å². The Hall–Kier alpha value is -0.940. The van der Waals surface area contributed by atoms with Crippen LogP contribution in [0, 0.1) is 23.2 Å². The maximum absolute atomic E-state index is 13.2. The Bertz CT molecular complexity index is 577. The molecule has 5 heteroatoms.